The van der Waals surface area contributed by atoms with Crippen LogP contribution in [0, 0.1) is 0 Å². The minimum absolute atomic E-state index is 0.151. The van der Waals surface area contributed by atoms with E-state index in [1.54, 1.807) is 14.0 Å². The van der Waals surface area contributed by atoms with Crippen LogP contribution < -0.4 is 4.74 Å². The maximum absolute atomic E-state index is 11.2. The van der Waals surface area contributed by atoms with Crippen molar-refractivity contribution >= 4 is 17.7 Å². The molecule has 0 bridgehead atoms. The summed E-state index contributed by atoms with van der Waals surface area (Å²) in [6.45, 7) is 2.12. The lowest BCUT2D eigenvalue weighted by Gasteiger charge is -1.99. The van der Waals surface area contributed by atoms with Gasteiger partial charge in [0.05, 0.1) is 13.7 Å². The zero-order chi connectivity index (χ0) is 14.4. The van der Waals surface area contributed by atoms with E-state index in [9.17, 15) is 4.79 Å². The Bertz CT molecular complexity index is 568. The summed E-state index contributed by atoms with van der Waals surface area (Å²) in [6, 6.07) is 7.27. The zero-order valence-electron chi connectivity index (χ0n) is 11.2. The molecule has 1 aromatic carbocycles. The smallest absolute Gasteiger partial charge is 0.316 e. The monoisotopic (exact) mass is 294 g/mol. The fourth-order valence-electron chi connectivity index (χ4n) is 1.44. The predicted molar refractivity (Wildman–Crippen MR) is 73.6 cm³/mol. The molecule has 0 fully saturated rings. The van der Waals surface area contributed by atoms with Gasteiger partial charge in [-0.3, -0.25) is 4.79 Å². The Labute approximate surface area is 120 Å². The van der Waals surface area contributed by atoms with E-state index in [1.807, 2.05) is 24.3 Å². The highest BCUT2D eigenvalue weighted by Crippen LogP contribution is 2.24. The van der Waals surface area contributed by atoms with Crippen LogP contribution >= 0.6 is 11.8 Å². The Morgan fingerprint density at radius 1 is 1.30 bits per heavy atom. The second kappa shape index (κ2) is 6.95. The quantitative estimate of drug-likeness (QED) is 0.598. The average molecular weight is 294 g/mol. The van der Waals surface area contributed by atoms with E-state index in [0.717, 1.165) is 23.1 Å². The van der Waals surface area contributed by atoms with Crippen LogP contribution in [0.4, 0.5) is 0 Å². The van der Waals surface area contributed by atoms with E-state index in [4.69, 9.17) is 13.9 Å². The van der Waals surface area contributed by atoms with Gasteiger partial charge in [0.1, 0.15) is 11.5 Å². The highest BCUT2D eigenvalue weighted by molar-refractivity contribution is 7.99. The summed E-state index contributed by atoms with van der Waals surface area (Å²) in [5.74, 6) is 1.00. The molecule has 0 saturated heterocycles. The van der Waals surface area contributed by atoms with Gasteiger partial charge in [-0.25, -0.2) is 0 Å². The van der Waals surface area contributed by atoms with Crippen molar-refractivity contribution in [2.45, 2.75) is 12.1 Å². The van der Waals surface area contributed by atoms with Crippen molar-refractivity contribution in [3.05, 3.63) is 24.3 Å². The number of nitrogens with zero attached hydrogens (tertiary/aromatic N) is 2. The van der Waals surface area contributed by atoms with Crippen molar-refractivity contribution in [3.63, 3.8) is 0 Å². The number of hydrogen-bond acceptors (Lipinski definition) is 7. The summed E-state index contributed by atoms with van der Waals surface area (Å²) in [4.78, 5) is 11.2. The second-order valence-corrected chi connectivity index (χ2v) is 4.62. The topological polar surface area (TPSA) is 74.5 Å². The van der Waals surface area contributed by atoms with E-state index in [0.29, 0.717) is 17.7 Å². The number of hydrogen-bond donors (Lipinski definition) is 0. The Morgan fingerprint density at radius 2 is 2.05 bits per heavy atom. The summed E-state index contributed by atoms with van der Waals surface area (Å²) in [5.41, 5.74) is 0.793. The molecular weight excluding hydrogens is 280 g/mol. The van der Waals surface area contributed by atoms with Gasteiger partial charge in [0.2, 0.25) is 5.89 Å². The van der Waals surface area contributed by atoms with Crippen LogP contribution in [0.3, 0.4) is 0 Å². The first-order chi connectivity index (χ1) is 9.72. The first-order valence-corrected chi connectivity index (χ1v) is 6.98. The van der Waals surface area contributed by atoms with Crippen LogP contribution in [0.2, 0.25) is 0 Å². The fourth-order valence-corrected chi connectivity index (χ4v) is 2.00. The van der Waals surface area contributed by atoms with Gasteiger partial charge >= 0.3 is 5.97 Å². The maximum atomic E-state index is 11.2. The molecule has 0 aliphatic carbocycles. The molecule has 0 aliphatic heterocycles. The molecule has 0 radical (unpaired) electrons. The van der Waals surface area contributed by atoms with E-state index in [1.165, 1.54) is 0 Å². The zero-order valence-corrected chi connectivity index (χ0v) is 12.0. The molecule has 0 amide bonds. The van der Waals surface area contributed by atoms with Crippen molar-refractivity contribution < 1.29 is 18.7 Å². The number of rotatable bonds is 6. The van der Waals surface area contributed by atoms with E-state index in [2.05, 4.69) is 10.2 Å². The Hall–Kier alpha value is -2.02. The number of aromatic nitrogens is 2. The molecule has 6 nitrogen and oxygen atoms in total. The molecule has 0 saturated carbocycles. The fraction of sp³-hybridized carbons (Fsp3) is 0.308. The molecule has 1 heterocycles. The molecule has 106 valence electrons. The van der Waals surface area contributed by atoms with Crippen molar-refractivity contribution in [1.29, 1.82) is 0 Å². The van der Waals surface area contributed by atoms with Crippen LogP contribution in [-0.2, 0) is 9.53 Å². The van der Waals surface area contributed by atoms with Gasteiger partial charge in [-0.2, -0.15) is 0 Å². The van der Waals surface area contributed by atoms with Crippen LogP contribution in [0.1, 0.15) is 6.92 Å². The largest absolute Gasteiger partial charge is 0.497 e. The van der Waals surface area contributed by atoms with Gasteiger partial charge in [0, 0.05) is 5.56 Å². The molecule has 0 aliphatic rings. The Morgan fingerprint density at radius 3 is 2.70 bits per heavy atom. The third-order valence-corrected chi connectivity index (χ3v) is 3.15. The van der Waals surface area contributed by atoms with Crippen molar-refractivity contribution in [1.82, 2.24) is 10.2 Å². The number of thioether (sulfide) groups is 1. The third kappa shape index (κ3) is 3.74. The van der Waals surface area contributed by atoms with Crippen LogP contribution in [0.15, 0.2) is 33.9 Å². The molecule has 1 aromatic heterocycles. The first kappa shape index (κ1) is 14.4. The van der Waals surface area contributed by atoms with Gasteiger partial charge in [0.25, 0.3) is 5.22 Å². The summed E-state index contributed by atoms with van der Waals surface area (Å²) in [7, 11) is 1.60. The van der Waals surface area contributed by atoms with Crippen molar-refractivity contribution in [3.8, 4) is 17.2 Å². The normalized spacial score (nSPS) is 10.3. The van der Waals surface area contributed by atoms with Crippen LogP contribution in [-0.4, -0.2) is 35.6 Å². The SMILES string of the molecule is CCOC(=O)CSc1nnc(-c2ccc(OC)cc2)o1. The molecule has 0 atom stereocenters. The summed E-state index contributed by atoms with van der Waals surface area (Å²) in [6.07, 6.45) is 0. The van der Waals surface area contributed by atoms with Gasteiger partial charge in [-0.15, -0.1) is 10.2 Å². The molecule has 0 spiro atoms. The lowest BCUT2D eigenvalue weighted by atomic mass is 10.2. The number of esters is 1. The standard InChI is InChI=1S/C13H14N2O4S/c1-3-18-11(16)8-20-13-15-14-12(19-13)9-4-6-10(17-2)7-5-9/h4-7H,3,8H2,1-2H3. The molecular formula is C13H14N2O4S. The average Bonchev–Trinajstić information content (AvgIpc) is 2.94. The first-order valence-electron chi connectivity index (χ1n) is 5.99. The summed E-state index contributed by atoms with van der Waals surface area (Å²) in [5, 5.41) is 8.15. The summed E-state index contributed by atoms with van der Waals surface area (Å²) < 4.78 is 15.4. The number of carbonyl (C=O) groups excluding carboxylic acids is 1. The molecule has 0 unspecified atom stereocenters. The van der Waals surface area contributed by atoms with Gasteiger partial charge in [0.15, 0.2) is 0 Å². The lowest BCUT2D eigenvalue weighted by Crippen LogP contribution is -2.06. The van der Waals surface area contributed by atoms with Crippen molar-refractivity contribution in [2.24, 2.45) is 0 Å². The highest BCUT2D eigenvalue weighted by Gasteiger charge is 2.11. The third-order valence-electron chi connectivity index (χ3n) is 2.36. The maximum Gasteiger partial charge on any atom is 0.316 e. The van der Waals surface area contributed by atoms with Gasteiger partial charge in [-0.1, -0.05) is 11.8 Å². The van der Waals surface area contributed by atoms with Gasteiger partial charge in [-0.05, 0) is 31.2 Å². The molecule has 2 rings (SSSR count). The minimum atomic E-state index is -0.304. The molecule has 7 heteroatoms. The number of ether oxygens (including phenoxy) is 2. The van der Waals surface area contributed by atoms with E-state index in [-0.39, 0.29) is 11.7 Å². The summed E-state index contributed by atoms with van der Waals surface area (Å²) >= 11 is 1.15. The number of methoxy groups -OCH3 is 1. The van der Waals surface area contributed by atoms with E-state index >= 15 is 0 Å². The Kier molecular flexibility index (Phi) is 5.00. The minimum Gasteiger partial charge on any atom is -0.497 e. The molecule has 2 aromatic rings. The lowest BCUT2D eigenvalue weighted by molar-refractivity contribution is -0.139. The second-order valence-electron chi connectivity index (χ2n) is 3.70. The van der Waals surface area contributed by atoms with Crippen LogP contribution in [0.25, 0.3) is 11.5 Å². The predicted octanol–water partition coefficient (Wildman–Crippen LogP) is 2.40. The molecule has 0 N–H and O–H groups in total. The van der Waals surface area contributed by atoms with Gasteiger partial charge < -0.3 is 13.9 Å². The highest BCUT2D eigenvalue weighted by atomic mass is 32.2. The Balaban J connectivity index is 1.99. The van der Waals surface area contributed by atoms with E-state index < -0.39 is 0 Å². The molecule has 20 heavy (non-hydrogen) atoms. The number of carbonyl (C=O) groups is 1. The number of benzene rings is 1. The van der Waals surface area contributed by atoms with Crippen LogP contribution in [0.5, 0.6) is 5.75 Å². The van der Waals surface area contributed by atoms with Crippen molar-refractivity contribution in [2.75, 3.05) is 19.5 Å².